The van der Waals surface area contributed by atoms with Crippen molar-refractivity contribution in [3.8, 4) is 0 Å². The van der Waals surface area contributed by atoms with Crippen LogP contribution in [0.2, 0.25) is 0 Å². The van der Waals surface area contributed by atoms with Gasteiger partial charge >= 0.3 is 0 Å². The van der Waals surface area contributed by atoms with E-state index in [-0.39, 0.29) is 6.61 Å². The van der Waals surface area contributed by atoms with Gasteiger partial charge in [-0.1, -0.05) is 0 Å². The zero-order chi connectivity index (χ0) is 8.43. The predicted molar refractivity (Wildman–Crippen MR) is 40.8 cm³/mol. The summed E-state index contributed by atoms with van der Waals surface area (Å²) in [5.74, 6) is 1.41. The van der Waals surface area contributed by atoms with Crippen LogP contribution in [0, 0.1) is 5.75 Å². The largest absolute Gasteiger partial charge is 0.395 e. The summed E-state index contributed by atoms with van der Waals surface area (Å²) in [4.78, 5) is 0. The summed E-state index contributed by atoms with van der Waals surface area (Å²) < 4.78 is 0. The Hall–Kier alpha value is 0.190. The lowest BCUT2D eigenvalue weighted by Gasteiger charge is -2.33. The highest BCUT2D eigenvalue weighted by Crippen LogP contribution is 2.29. The first kappa shape index (κ1) is 9.28. The normalized spacial score (nSPS) is 45.8. The molecular formula is C6H11O4S. The fraction of sp³-hybridized carbons (Fsp3) is 0.833. The highest BCUT2D eigenvalue weighted by Gasteiger charge is 2.36. The molecule has 1 rings (SSSR count). The number of aliphatic hydroxyl groups is 4. The van der Waals surface area contributed by atoms with Gasteiger partial charge in [0.2, 0.25) is 0 Å². The molecule has 0 unspecified atom stereocenters. The van der Waals surface area contributed by atoms with Crippen molar-refractivity contribution in [2.75, 3.05) is 6.61 Å². The second-order valence-electron chi connectivity index (χ2n) is 2.46. The summed E-state index contributed by atoms with van der Waals surface area (Å²) in [7, 11) is 0. The maximum Gasteiger partial charge on any atom is 0.108 e. The quantitative estimate of drug-likeness (QED) is 0.387. The molecule has 0 saturated carbocycles. The van der Waals surface area contributed by atoms with Gasteiger partial charge in [-0.15, -0.1) is 11.8 Å². The second kappa shape index (κ2) is 3.73. The van der Waals surface area contributed by atoms with E-state index in [1.54, 1.807) is 0 Å². The third-order valence-corrected chi connectivity index (χ3v) is 2.87. The molecule has 1 saturated heterocycles. The van der Waals surface area contributed by atoms with Crippen LogP contribution in [-0.2, 0) is 0 Å². The van der Waals surface area contributed by atoms with Crippen LogP contribution in [-0.4, -0.2) is 50.6 Å². The molecule has 0 spiro atoms. The average molecular weight is 179 g/mol. The van der Waals surface area contributed by atoms with Gasteiger partial charge in [-0.05, 0) is 0 Å². The first-order valence-electron chi connectivity index (χ1n) is 3.30. The lowest BCUT2D eigenvalue weighted by atomic mass is 10.1. The van der Waals surface area contributed by atoms with Gasteiger partial charge in [0, 0.05) is 5.75 Å². The SMILES string of the molecule is OC[C@@H]1S[CH][C@@H](O)[C@H](O)[C@@H]1O. The first-order valence-corrected chi connectivity index (χ1v) is 4.25. The van der Waals surface area contributed by atoms with E-state index in [2.05, 4.69) is 0 Å². The summed E-state index contributed by atoms with van der Waals surface area (Å²) in [5, 5.41) is 35.5. The van der Waals surface area contributed by atoms with Crippen molar-refractivity contribution in [2.24, 2.45) is 0 Å². The van der Waals surface area contributed by atoms with Crippen LogP contribution in [0.3, 0.4) is 0 Å². The molecule has 11 heavy (non-hydrogen) atoms. The molecule has 0 aromatic heterocycles. The highest BCUT2D eigenvalue weighted by atomic mass is 32.2. The Morgan fingerprint density at radius 3 is 2.36 bits per heavy atom. The molecular weight excluding hydrogens is 168 g/mol. The average Bonchev–Trinajstić information content (AvgIpc) is 2.01. The molecule has 0 amide bonds. The van der Waals surface area contributed by atoms with Crippen molar-refractivity contribution in [1.29, 1.82) is 0 Å². The van der Waals surface area contributed by atoms with E-state index in [1.165, 1.54) is 5.75 Å². The smallest absolute Gasteiger partial charge is 0.108 e. The molecule has 4 N–H and O–H groups in total. The summed E-state index contributed by atoms with van der Waals surface area (Å²) >= 11 is 1.15. The van der Waals surface area contributed by atoms with E-state index in [1.807, 2.05) is 0 Å². The molecule has 4 nitrogen and oxygen atoms in total. The molecule has 1 aliphatic heterocycles. The van der Waals surface area contributed by atoms with Crippen molar-refractivity contribution < 1.29 is 20.4 Å². The molecule has 1 heterocycles. The van der Waals surface area contributed by atoms with E-state index in [0.717, 1.165) is 11.8 Å². The van der Waals surface area contributed by atoms with Crippen LogP contribution in [0.1, 0.15) is 0 Å². The Morgan fingerprint density at radius 2 is 1.82 bits per heavy atom. The Morgan fingerprint density at radius 1 is 1.18 bits per heavy atom. The van der Waals surface area contributed by atoms with Gasteiger partial charge in [0.05, 0.1) is 24.1 Å². The fourth-order valence-electron chi connectivity index (χ4n) is 0.915. The molecule has 0 aromatic rings. The number of rotatable bonds is 1. The van der Waals surface area contributed by atoms with Crippen LogP contribution in [0.25, 0.3) is 0 Å². The van der Waals surface area contributed by atoms with Crippen molar-refractivity contribution in [1.82, 2.24) is 0 Å². The number of thioether (sulfide) groups is 1. The zero-order valence-electron chi connectivity index (χ0n) is 5.79. The minimum absolute atomic E-state index is 0.202. The van der Waals surface area contributed by atoms with Crippen molar-refractivity contribution in [3.63, 3.8) is 0 Å². The van der Waals surface area contributed by atoms with E-state index in [4.69, 9.17) is 15.3 Å². The van der Waals surface area contributed by atoms with Gasteiger partial charge in [0.1, 0.15) is 6.10 Å². The topological polar surface area (TPSA) is 80.9 Å². The predicted octanol–water partition coefficient (Wildman–Crippen LogP) is -1.66. The van der Waals surface area contributed by atoms with Crippen LogP contribution in [0.4, 0.5) is 0 Å². The maximum atomic E-state index is 9.20. The number of aliphatic hydroxyl groups excluding tert-OH is 4. The van der Waals surface area contributed by atoms with Gasteiger partial charge in [0.15, 0.2) is 0 Å². The highest BCUT2D eigenvalue weighted by molar-refractivity contribution is 8.02. The summed E-state index contributed by atoms with van der Waals surface area (Å²) in [6, 6.07) is 0. The van der Waals surface area contributed by atoms with Gasteiger partial charge in [-0.2, -0.15) is 0 Å². The molecule has 1 fully saturated rings. The molecule has 0 aromatic carbocycles. The van der Waals surface area contributed by atoms with Crippen molar-refractivity contribution in [2.45, 2.75) is 23.6 Å². The summed E-state index contributed by atoms with van der Waals surface area (Å²) in [6.07, 6.45) is -3.23. The Bertz CT molecular complexity index is 130. The van der Waals surface area contributed by atoms with Crippen molar-refractivity contribution in [3.05, 3.63) is 5.75 Å². The third kappa shape index (κ3) is 1.86. The first-order chi connectivity index (χ1) is 5.16. The van der Waals surface area contributed by atoms with Gasteiger partial charge in [-0.3, -0.25) is 0 Å². The molecule has 0 bridgehead atoms. The van der Waals surface area contributed by atoms with E-state index in [0.29, 0.717) is 0 Å². The van der Waals surface area contributed by atoms with Crippen LogP contribution < -0.4 is 0 Å². The Labute approximate surface area is 68.9 Å². The van der Waals surface area contributed by atoms with Gasteiger partial charge in [-0.25, -0.2) is 0 Å². The monoisotopic (exact) mass is 179 g/mol. The van der Waals surface area contributed by atoms with Crippen molar-refractivity contribution >= 4 is 11.8 Å². The molecule has 0 aliphatic carbocycles. The standard InChI is InChI=1S/C6H11O4S/c7-1-4-6(10)5(9)3(8)2-11-4/h2-10H,1H2/t3-,4+,5+,6-/m1/s1. The van der Waals surface area contributed by atoms with Gasteiger partial charge < -0.3 is 20.4 Å². The van der Waals surface area contributed by atoms with Crippen LogP contribution in [0.15, 0.2) is 0 Å². The zero-order valence-corrected chi connectivity index (χ0v) is 6.61. The summed E-state index contributed by atoms with van der Waals surface area (Å²) in [5.41, 5.74) is 0. The number of hydrogen-bond donors (Lipinski definition) is 4. The second-order valence-corrected chi connectivity index (χ2v) is 3.61. The van der Waals surface area contributed by atoms with Crippen LogP contribution >= 0.6 is 11.8 Å². The Kier molecular flexibility index (Phi) is 3.15. The third-order valence-electron chi connectivity index (χ3n) is 1.65. The fourth-order valence-corrected chi connectivity index (χ4v) is 1.85. The van der Waals surface area contributed by atoms with E-state index >= 15 is 0 Å². The number of hydrogen-bond acceptors (Lipinski definition) is 5. The minimum atomic E-state index is -1.17. The van der Waals surface area contributed by atoms with E-state index < -0.39 is 23.6 Å². The lowest BCUT2D eigenvalue weighted by Crippen LogP contribution is -2.48. The molecule has 5 heteroatoms. The molecule has 1 radical (unpaired) electrons. The molecule has 65 valence electrons. The molecule has 4 atom stereocenters. The minimum Gasteiger partial charge on any atom is -0.395 e. The molecule has 1 aliphatic rings. The Balaban J connectivity index is 2.52. The van der Waals surface area contributed by atoms with E-state index in [9.17, 15) is 5.11 Å². The van der Waals surface area contributed by atoms with Crippen LogP contribution in [0.5, 0.6) is 0 Å². The summed E-state index contributed by atoms with van der Waals surface area (Å²) in [6.45, 7) is -0.202. The lowest BCUT2D eigenvalue weighted by molar-refractivity contribution is -0.0526. The maximum absolute atomic E-state index is 9.20. The van der Waals surface area contributed by atoms with Gasteiger partial charge in [0.25, 0.3) is 0 Å².